The number of alkyl halides is 1. The average molecular weight is 339 g/mol. The van der Waals surface area contributed by atoms with E-state index >= 15 is 0 Å². The van der Waals surface area contributed by atoms with E-state index in [2.05, 4.69) is 26.6 Å². The molecular weight excluding hydrogens is 320 g/mol. The normalized spacial score (nSPS) is 13.8. The van der Waals surface area contributed by atoms with E-state index in [1.54, 1.807) is 24.3 Å². The number of halogens is 1. The van der Waals surface area contributed by atoms with Crippen molar-refractivity contribution in [2.75, 3.05) is 10.6 Å². The van der Waals surface area contributed by atoms with Gasteiger partial charge in [-0.05, 0) is 49.9 Å². The zero-order valence-corrected chi connectivity index (χ0v) is 12.9. The van der Waals surface area contributed by atoms with Gasteiger partial charge in [0.15, 0.2) is 0 Å². The summed E-state index contributed by atoms with van der Waals surface area (Å²) in [5.41, 5.74) is 1.37. The van der Waals surface area contributed by atoms with Crippen molar-refractivity contribution in [1.29, 1.82) is 0 Å². The molecule has 1 aliphatic carbocycles. The molecule has 0 aliphatic heterocycles. The van der Waals surface area contributed by atoms with Gasteiger partial charge in [-0.15, -0.1) is 0 Å². The van der Waals surface area contributed by atoms with Crippen LogP contribution in [0.3, 0.4) is 0 Å². The van der Waals surface area contributed by atoms with Gasteiger partial charge in [-0.25, -0.2) is 0 Å². The molecule has 0 saturated heterocycles. The van der Waals surface area contributed by atoms with Gasteiger partial charge in [0.05, 0.1) is 0 Å². The van der Waals surface area contributed by atoms with Crippen LogP contribution in [0.2, 0.25) is 0 Å². The highest BCUT2D eigenvalue weighted by molar-refractivity contribution is 9.09. The van der Waals surface area contributed by atoms with Gasteiger partial charge in [0.25, 0.3) is 5.91 Å². The Bertz CT molecular complexity index is 469. The van der Waals surface area contributed by atoms with Gasteiger partial charge in [-0.2, -0.15) is 0 Å². The van der Waals surface area contributed by atoms with Crippen LogP contribution < -0.4 is 10.6 Å². The lowest BCUT2D eigenvalue weighted by atomic mass is 10.2. The molecule has 0 radical (unpaired) electrons. The summed E-state index contributed by atoms with van der Waals surface area (Å²) in [6.07, 6.45) is 4.55. The number of hydrogen-bond donors (Lipinski definition) is 2. The molecule has 0 bridgehead atoms. The summed E-state index contributed by atoms with van der Waals surface area (Å²) in [4.78, 5) is 23.5. The second-order valence-corrected chi connectivity index (χ2v) is 5.81. The van der Waals surface area contributed by atoms with Crippen LogP contribution in [0, 0.1) is 0 Å². The maximum atomic E-state index is 11.8. The Morgan fingerprint density at radius 3 is 2.45 bits per heavy atom. The lowest BCUT2D eigenvalue weighted by Gasteiger charge is -2.07. The monoisotopic (exact) mass is 338 g/mol. The molecule has 1 aromatic rings. The standard InChI is InChI=1S/C15H19BrN2O2/c16-10-2-1-3-14(19)17-12-6-4-11(5-7-12)15(20)18-13-8-9-13/h4-7,13H,1-3,8-10H2,(H,17,19)(H,18,20). The van der Waals surface area contributed by atoms with E-state index in [0.717, 1.165) is 36.7 Å². The Kier molecular flexibility index (Phi) is 5.59. The minimum atomic E-state index is -0.0392. The Morgan fingerprint density at radius 2 is 1.85 bits per heavy atom. The first-order valence-electron chi connectivity index (χ1n) is 6.96. The molecule has 0 aromatic heterocycles. The number of nitrogens with one attached hydrogen (secondary N) is 2. The first-order valence-corrected chi connectivity index (χ1v) is 8.08. The van der Waals surface area contributed by atoms with Crippen LogP contribution in [0.15, 0.2) is 24.3 Å². The Balaban J connectivity index is 1.81. The van der Waals surface area contributed by atoms with Crippen LogP contribution in [0.4, 0.5) is 5.69 Å². The third-order valence-electron chi connectivity index (χ3n) is 3.13. The van der Waals surface area contributed by atoms with Gasteiger partial charge in [0.1, 0.15) is 0 Å². The molecule has 2 N–H and O–H groups in total. The lowest BCUT2D eigenvalue weighted by molar-refractivity contribution is -0.116. The number of unbranched alkanes of at least 4 members (excludes halogenated alkanes) is 1. The molecule has 20 heavy (non-hydrogen) atoms. The average Bonchev–Trinajstić information content (AvgIpc) is 3.24. The molecule has 5 heteroatoms. The fraction of sp³-hybridized carbons (Fsp3) is 0.467. The SMILES string of the molecule is O=C(CCCCBr)Nc1ccc(C(=O)NC2CC2)cc1. The molecule has 1 aliphatic rings. The lowest BCUT2D eigenvalue weighted by Crippen LogP contribution is -2.25. The van der Waals surface area contributed by atoms with Crippen LogP contribution in [0.1, 0.15) is 42.5 Å². The van der Waals surface area contributed by atoms with E-state index < -0.39 is 0 Å². The molecule has 2 amide bonds. The predicted octanol–water partition coefficient (Wildman–Crippen LogP) is 3.08. The highest BCUT2D eigenvalue weighted by Crippen LogP contribution is 2.19. The summed E-state index contributed by atoms with van der Waals surface area (Å²) in [5, 5.41) is 6.69. The van der Waals surface area contributed by atoms with Gasteiger partial charge >= 0.3 is 0 Å². The van der Waals surface area contributed by atoms with Crippen molar-refractivity contribution >= 4 is 33.4 Å². The molecule has 0 unspecified atom stereocenters. The van der Waals surface area contributed by atoms with E-state index in [9.17, 15) is 9.59 Å². The Hall–Kier alpha value is -1.36. The van der Waals surface area contributed by atoms with Crippen LogP contribution >= 0.6 is 15.9 Å². The fourth-order valence-corrected chi connectivity index (χ4v) is 2.20. The smallest absolute Gasteiger partial charge is 0.251 e. The molecule has 1 saturated carbocycles. The molecule has 2 rings (SSSR count). The largest absolute Gasteiger partial charge is 0.349 e. The summed E-state index contributed by atoms with van der Waals surface area (Å²) in [5.74, 6) is -0.0242. The summed E-state index contributed by atoms with van der Waals surface area (Å²) in [6, 6.07) is 7.38. The molecule has 0 atom stereocenters. The Labute approximate surface area is 127 Å². The number of hydrogen-bond acceptors (Lipinski definition) is 2. The summed E-state index contributed by atoms with van der Waals surface area (Å²) in [7, 11) is 0. The quantitative estimate of drug-likeness (QED) is 0.592. The topological polar surface area (TPSA) is 58.2 Å². The Morgan fingerprint density at radius 1 is 1.15 bits per heavy atom. The van der Waals surface area contributed by atoms with Crippen molar-refractivity contribution < 1.29 is 9.59 Å². The maximum Gasteiger partial charge on any atom is 0.251 e. The van der Waals surface area contributed by atoms with Crippen molar-refractivity contribution in [2.45, 2.75) is 38.1 Å². The van der Waals surface area contributed by atoms with E-state index in [-0.39, 0.29) is 11.8 Å². The highest BCUT2D eigenvalue weighted by Gasteiger charge is 2.23. The van der Waals surface area contributed by atoms with Crippen molar-refractivity contribution in [3.8, 4) is 0 Å². The number of rotatable bonds is 7. The number of carbonyl (C=O) groups is 2. The number of amides is 2. The molecule has 1 fully saturated rings. The van der Waals surface area contributed by atoms with Crippen molar-refractivity contribution in [3.05, 3.63) is 29.8 Å². The molecule has 0 heterocycles. The molecular formula is C15H19BrN2O2. The fourth-order valence-electron chi connectivity index (χ4n) is 1.80. The van der Waals surface area contributed by atoms with E-state index in [0.29, 0.717) is 18.0 Å². The third-order valence-corrected chi connectivity index (χ3v) is 3.69. The number of carbonyl (C=O) groups excluding carboxylic acids is 2. The second-order valence-electron chi connectivity index (χ2n) is 5.02. The van der Waals surface area contributed by atoms with Crippen molar-refractivity contribution in [3.63, 3.8) is 0 Å². The van der Waals surface area contributed by atoms with Gasteiger partial charge in [-0.1, -0.05) is 15.9 Å². The zero-order valence-electron chi connectivity index (χ0n) is 11.3. The number of benzene rings is 1. The van der Waals surface area contributed by atoms with Gasteiger partial charge in [-0.3, -0.25) is 9.59 Å². The van der Waals surface area contributed by atoms with Gasteiger partial charge < -0.3 is 10.6 Å². The predicted molar refractivity (Wildman–Crippen MR) is 83.2 cm³/mol. The highest BCUT2D eigenvalue weighted by atomic mass is 79.9. The summed E-state index contributed by atoms with van der Waals surface area (Å²) in [6.45, 7) is 0. The van der Waals surface area contributed by atoms with Gasteiger partial charge in [0, 0.05) is 29.0 Å². The molecule has 108 valence electrons. The molecule has 1 aromatic carbocycles. The van der Waals surface area contributed by atoms with E-state index in [1.165, 1.54) is 0 Å². The van der Waals surface area contributed by atoms with Crippen LogP contribution in [0.25, 0.3) is 0 Å². The van der Waals surface area contributed by atoms with Crippen LogP contribution in [-0.4, -0.2) is 23.2 Å². The molecule has 0 spiro atoms. The maximum absolute atomic E-state index is 11.8. The van der Waals surface area contributed by atoms with E-state index in [4.69, 9.17) is 0 Å². The van der Waals surface area contributed by atoms with Gasteiger partial charge in [0.2, 0.25) is 5.91 Å². The minimum Gasteiger partial charge on any atom is -0.349 e. The zero-order chi connectivity index (χ0) is 14.4. The third kappa shape index (κ3) is 4.96. The van der Waals surface area contributed by atoms with E-state index in [1.807, 2.05) is 0 Å². The van der Waals surface area contributed by atoms with Crippen molar-refractivity contribution in [1.82, 2.24) is 5.32 Å². The van der Waals surface area contributed by atoms with Crippen LogP contribution in [0.5, 0.6) is 0 Å². The first-order chi connectivity index (χ1) is 9.69. The minimum absolute atomic E-state index is 0.0149. The second kappa shape index (κ2) is 7.43. The summed E-state index contributed by atoms with van der Waals surface area (Å²) < 4.78 is 0. The van der Waals surface area contributed by atoms with Crippen LogP contribution in [-0.2, 0) is 4.79 Å². The first kappa shape index (κ1) is 15.0. The van der Waals surface area contributed by atoms with Crippen molar-refractivity contribution in [2.24, 2.45) is 0 Å². The number of anilines is 1. The summed E-state index contributed by atoms with van der Waals surface area (Å²) >= 11 is 3.34. The molecule has 4 nitrogen and oxygen atoms in total.